The predicted molar refractivity (Wildman–Crippen MR) is 83.0 cm³/mol. The number of nitrogens with zero attached hydrogens (tertiary/aromatic N) is 2. The van der Waals surface area contributed by atoms with Crippen LogP contribution in [0.3, 0.4) is 0 Å². The second-order valence-electron chi connectivity index (χ2n) is 4.96. The van der Waals surface area contributed by atoms with Crippen LogP contribution in [-0.4, -0.2) is 36.6 Å². The minimum absolute atomic E-state index is 0.464. The van der Waals surface area contributed by atoms with Crippen LogP contribution in [0.4, 0.5) is 5.13 Å². The molecule has 2 rings (SSSR count). The number of likely N-dealkylation sites (N-methyl/N-ethyl adjacent to an activating group) is 1. The lowest BCUT2D eigenvalue weighted by Gasteiger charge is -2.24. The smallest absolute Gasteiger partial charge is 0.182 e. The molecule has 0 bridgehead atoms. The third-order valence-electron chi connectivity index (χ3n) is 3.15. The van der Waals surface area contributed by atoms with Crippen LogP contribution >= 0.6 is 11.3 Å². The number of hydrogen-bond acceptors (Lipinski definition) is 4. The van der Waals surface area contributed by atoms with Gasteiger partial charge in [0.15, 0.2) is 5.13 Å². The molecule has 1 aromatic carbocycles. The van der Waals surface area contributed by atoms with Crippen molar-refractivity contribution in [1.82, 2.24) is 9.88 Å². The first-order chi connectivity index (χ1) is 9.15. The van der Waals surface area contributed by atoms with Crippen LogP contribution in [0, 0.1) is 6.92 Å². The van der Waals surface area contributed by atoms with Gasteiger partial charge < -0.3 is 10.2 Å². The third kappa shape index (κ3) is 4.33. The molecule has 0 spiro atoms. The molecule has 4 heteroatoms. The SMILES string of the molecule is Cc1cnc(NCC(Cc2ccccc2)N(C)C)s1. The largest absolute Gasteiger partial charge is 0.360 e. The highest BCUT2D eigenvalue weighted by molar-refractivity contribution is 7.15. The fourth-order valence-electron chi connectivity index (χ4n) is 1.97. The first kappa shape index (κ1) is 14.0. The molecule has 1 N–H and O–H groups in total. The molecule has 19 heavy (non-hydrogen) atoms. The van der Waals surface area contributed by atoms with E-state index in [-0.39, 0.29) is 0 Å². The summed E-state index contributed by atoms with van der Waals surface area (Å²) in [5, 5.41) is 4.44. The first-order valence-corrected chi connectivity index (χ1v) is 7.33. The van der Waals surface area contributed by atoms with E-state index in [1.165, 1.54) is 10.4 Å². The maximum absolute atomic E-state index is 4.34. The number of hydrogen-bond donors (Lipinski definition) is 1. The van der Waals surface area contributed by atoms with Gasteiger partial charge in [-0.3, -0.25) is 0 Å². The van der Waals surface area contributed by atoms with Gasteiger partial charge in [0.2, 0.25) is 0 Å². The number of benzene rings is 1. The Morgan fingerprint density at radius 2 is 2.00 bits per heavy atom. The van der Waals surface area contributed by atoms with E-state index in [2.05, 4.69) is 66.6 Å². The molecule has 0 aliphatic rings. The van der Waals surface area contributed by atoms with Crippen molar-refractivity contribution < 1.29 is 0 Å². The Balaban J connectivity index is 1.93. The first-order valence-electron chi connectivity index (χ1n) is 6.52. The third-order valence-corrected chi connectivity index (χ3v) is 4.03. The van der Waals surface area contributed by atoms with Crippen molar-refractivity contribution in [1.29, 1.82) is 0 Å². The lowest BCUT2D eigenvalue weighted by atomic mass is 10.1. The molecule has 102 valence electrons. The summed E-state index contributed by atoms with van der Waals surface area (Å²) in [6, 6.07) is 11.1. The summed E-state index contributed by atoms with van der Waals surface area (Å²) >= 11 is 1.71. The average molecular weight is 275 g/mol. The molecular formula is C15H21N3S. The van der Waals surface area contributed by atoms with Crippen LogP contribution in [0.15, 0.2) is 36.5 Å². The van der Waals surface area contributed by atoms with Crippen molar-refractivity contribution in [2.24, 2.45) is 0 Å². The fourth-order valence-corrected chi connectivity index (χ4v) is 2.64. The topological polar surface area (TPSA) is 28.2 Å². The number of rotatable bonds is 6. The van der Waals surface area contributed by atoms with Crippen molar-refractivity contribution in [3.63, 3.8) is 0 Å². The van der Waals surface area contributed by atoms with E-state index in [1.807, 2.05) is 6.20 Å². The molecule has 1 heterocycles. The van der Waals surface area contributed by atoms with E-state index in [1.54, 1.807) is 11.3 Å². The zero-order valence-electron chi connectivity index (χ0n) is 11.8. The van der Waals surface area contributed by atoms with Gasteiger partial charge in [-0.05, 0) is 33.0 Å². The van der Waals surface area contributed by atoms with Crippen LogP contribution in [0.25, 0.3) is 0 Å². The predicted octanol–water partition coefficient (Wildman–Crippen LogP) is 3.04. The van der Waals surface area contributed by atoms with Gasteiger partial charge in [0, 0.05) is 23.7 Å². The van der Waals surface area contributed by atoms with Crippen molar-refractivity contribution >= 4 is 16.5 Å². The monoisotopic (exact) mass is 275 g/mol. The second kappa shape index (κ2) is 6.68. The van der Waals surface area contributed by atoms with E-state index in [9.17, 15) is 0 Å². The Labute approximate surface area is 119 Å². The molecule has 0 fully saturated rings. The normalized spacial score (nSPS) is 12.6. The van der Waals surface area contributed by atoms with E-state index in [0.717, 1.165) is 18.1 Å². The summed E-state index contributed by atoms with van der Waals surface area (Å²) in [4.78, 5) is 7.85. The summed E-state index contributed by atoms with van der Waals surface area (Å²) in [5.41, 5.74) is 1.37. The van der Waals surface area contributed by atoms with Crippen LogP contribution in [0.5, 0.6) is 0 Å². The lowest BCUT2D eigenvalue weighted by molar-refractivity contribution is 0.303. The van der Waals surface area contributed by atoms with E-state index in [0.29, 0.717) is 6.04 Å². The minimum atomic E-state index is 0.464. The van der Waals surface area contributed by atoms with Gasteiger partial charge in [-0.15, -0.1) is 11.3 Å². The average Bonchev–Trinajstić information content (AvgIpc) is 2.81. The molecule has 3 nitrogen and oxygen atoms in total. The van der Waals surface area contributed by atoms with Gasteiger partial charge in [-0.25, -0.2) is 4.98 Å². The summed E-state index contributed by atoms with van der Waals surface area (Å²) in [6.45, 7) is 2.99. The van der Waals surface area contributed by atoms with Crippen molar-refractivity contribution in [3.8, 4) is 0 Å². The lowest BCUT2D eigenvalue weighted by Crippen LogP contribution is -2.36. The molecule has 0 saturated carbocycles. The van der Waals surface area contributed by atoms with Gasteiger partial charge in [-0.1, -0.05) is 30.3 Å². The van der Waals surface area contributed by atoms with Crippen LogP contribution in [0.1, 0.15) is 10.4 Å². The molecule has 1 unspecified atom stereocenters. The standard InChI is InChI=1S/C15H21N3S/c1-12-10-16-15(19-12)17-11-14(18(2)3)9-13-7-5-4-6-8-13/h4-8,10,14H,9,11H2,1-3H3,(H,16,17). The summed E-state index contributed by atoms with van der Waals surface area (Å²) in [6.07, 6.45) is 2.96. The van der Waals surface area contributed by atoms with Crippen molar-refractivity contribution in [3.05, 3.63) is 47.0 Å². The molecule has 2 aromatic rings. The van der Waals surface area contributed by atoms with Crippen LogP contribution in [-0.2, 0) is 6.42 Å². The van der Waals surface area contributed by atoms with Crippen molar-refractivity contribution in [2.45, 2.75) is 19.4 Å². The molecule has 0 aliphatic carbocycles. The van der Waals surface area contributed by atoms with E-state index < -0.39 is 0 Å². The number of nitrogens with one attached hydrogen (secondary N) is 1. The highest BCUT2D eigenvalue weighted by Crippen LogP contribution is 2.17. The van der Waals surface area contributed by atoms with Gasteiger partial charge in [0.05, 0.1) is 0 Å². The molecular weight excluding hydrogens is 254 g/mol. The van der Waals surface area contributed by atoms with Gasteiger partial charge in [-0.2, -0.15) is 0 Å². The molecule has 1 aromatic heterocycles. The fraction of sp³-hybridized carbons (Fsp3) is 0.400. The molecule has 0 radical (unpaired) electrons. The van der Waals surface area contributed by atoms with Gasteiger partial charge >= 0.3 is 0 Å². The van der Waals surface area contributed by atoms with Crippen molar-refractivity contribution in [2.75, 3.05) is 26.0 Å². The van der Waals surface area contributed by atoms with E-state index in [4.69, 9.17) is 0 Å². The Morgan fingerprint density at radius 1 is 1.26 bits per heavy atom. The molecule has 1 atom stereocenters. The number of thiazole rings is 1. The molecule has 0 amide bonds. The Morgan fingerprint density at radius 3 is 2.58 bits per heavy atom. The number of aryl methyl sites for hydroxylation is 1. The summed E-state index contributed by atoms with van der Waals surface area (Å²) in [5.74, 6) is 0. The highest BCUT2D eigenvalue weighted by atomic mass is 32.1. The van der Waals surface area contributed by atoms with Crippen LogP contribution in [0.2, 0.25) is 0 Å². The van der Waals surface area contributed by atoms with Gasteiger partial charge in [0.25, 0.3) is 0 Å². The Bertz CT molecular complexity index is 493. The molecule has 0 aliphatic heterocycles. The number of anilines is 1. The Kier molecular flexibility index (Phi) is 4.93. The van der Waals surface area contributed by atoms with Crippen LogP contribution < -0.4 is 5.32 Å². The van der Waals surface area contributed by atoms with Gasteiger partial charge in [0.1, 0.15) is 0 Å². The summed E-state index contributed by atoms with van der Waals surface area (Å²) in [7, 11) is 4.25. The molecule has 0 saturated heterocycles. The zero-order valence-corrected chi connectivity index (χ0v) is 12.6. The Hall–Kier alpha value is -1.39. The summed E-state index contributed by atoms with van der Waals surface area (Å²) < 4.78 is 0. The second-order valence-corrected chi connectivity index (χ2v) is 6.20. The van der Waals surface area contributed by atoms with E-state index >= 15 is 0 Å². The maximum Gasteiger partial charge on any atom is 0.182 e. The zero-order chi connectivity index (χ0) is 13.7. The quantitative estimate of drug-likeness (QED) is 0.878. The maximum atomic E-state index is 4.34. The number of aromatic nitrogens is 1. The highest BCUT2D eigenvalue weighted by Gasteiger charge is 2.12. The minimum Gasteiger partial charge on any atom is -0.360 e.